The zero-order valence-electron chi connectivity index (χ0n) is 10.3. The molecule has 1 heterocycles. The van der Waals surface area contributed by atoms with E-state index in [0.717, 1.165) is 25.1 Å². The first-order valence-corrected chi connectivity index (χ1v) is 7.47. The molecule has 18 heavy (non-hydrogen) atoms. The zero-order valence-corrected chi connectivity index (χ0v) is 11.1. The van der Waals surface area contributed by atoms with Gasteiger partial charge in [-0.2, -0.15) is 0 Å². The van der Waals surface area contributed by atoms with Crippen molar-refractivity contribution in [2.45, 2.75) is 13.0 Å². The molecule has 6 heteroatoms. The van der Waals surface area contributed by atoms with E-state index in [0.29, 0.717) is 6.54 Å². The normalized spacial score (nSPS) is 11.3. The molecule has 0 atom stereocenters. The Hall–Kier alpha value is -1.24. The molecule has 100 valence electrons. The van der Waals surface area contributed by atoms with Crippen LogP contribution in [0, 0.1) is 0 Å². The second-order valence-electron chi connectivity index (χ2n) is 3.86. The van der Waals surface area contributed by atoms with Crippen LogP contribution in [0.15, 0.2) is 37.2 Å². The third kappa shape index (κ3) is 6.48. The van der Waals surface area contributed by atoms with Crippen molar-refractivity contribution in [2.75, 3.05) is 18.8 Å². The van der Waals surface area contributed by atoms with Gasteiger partial charge in [-0.15, -0.1) is 6.58 Å². The van der Waals surface area contributed by atoms with Crippen LogP contribution in [0.2, 0.25) is 0 Å². The Labute approximate surface area is 108 Å². The van der Waals surface area contributed by atoms with Gasteiger partial charge in [-0.1, -0.05) is 12.1 Å². The van der Waals surface area contributed by atoms with Crippen LogP contribution in [0.4, 0.5) is 0 Å². The summed E-state index contributed by atoms with van der Waals surface area (Å²) in [5, 5.41) is 3.22. The van der Waals surface area contributed by atoms with Gasteiger partial charge >= 0.3 is 0 Å². The van der Waals surface area contributed by atoms with E-state index in [4.69, 9.17) is 0 Å². The maximum atomic E-state index is 11.3. The highest BCUT2D eigenvalue weighted by Crippen LogP contribution is 1.94. The molecule has 0 bridgehead atoms. The standard InChI is InChI=1S/C12H19N3O2S/c1-2-9-18(16,17)15-8-4-7-14-11-12-5-3-6-13-10-12/h2-3,5-6,10,14-15H,1,4,7-9,11H2. The summed E-state index contributed by atoms with van der Waals surface area (Å²) in [5.74, 6) is -0.0316. The predicted molar refractivity (Wildman–Crippen MR) is 72.5 cm³/mol. The number of pyridine rings is 1. The van der Waals surface area contributed by atoms with Gasteiger partial charge in [-0.05, 0) is 24.6 Å². The second kappa shape index (κ2) is 7.97. The summed E-state index contributed by atoms with van der Waals surface area (Å²) in [6.45, 7) is 5.34. The molecule has 0 radical (unpaired) electrons. The van der Waals surface area contributed by atoms with E-state index in [2.05, 4.69) is 21.6 Å². The third-order valence-electron chi connectivity index (χ3n) is 2.24. The number of aromatic nitrogens is 1. The Morgan fingerprint density at radius 1 is 1.39 bits per heavy atom. The minimum atomic E-state index is -3.18. The summed E-state index contributed by atoms with van der Waals surface area (Å²) in [6.07, 6.45) is 5.66. The lowest BCUT2D eigenvalue weighted by molar-refractivity contribution is 0.576. The van der Waals surface area contributed by atoms with E-state index in [1.807, 2.05) is 12.1 Å². The molecule has 0 unspecified atom stereocenters. The van der Waals surface area contributed by atoms with Gasteiger partial charge in [0.25, 0.3) is 0 Å². The van der Waals surface area contributed by atoms with Gasteiger partial charge in [0.15, 0.2) is 0 Å². The fourth-order valence-corrected chi connectivity index (χ4v) is 2.27. The lowest BCUT2D eigenvalue weighted by atomic mass is 10.3. The van der Waals surface area contributed by atoms with Crippen LogP contribution in [0.25, 0.3) is 0 Å². The van der Waals surface area contributed by atoms with E-state index in [9.17, 15) is 8.42 Å². The van der Waals surface area contributed by atoms with E-state index in [1.54, 1.807) is 12.4 Å². The highest BCUT2D eigenvalue weighted by molar-refractivity contribution is 7.89. The van der Waals surface area contributed by atoms with Crippen LogP contribution in [-0.2, 0) is 16.6 Å². The summed E-state index contributed by atoms with van der Waals surface area (Å²) in [5.41, 5.74) is 1.12. The van der Waals surface area contributed by atoms with Gasteiger partial charge in [-0.3, -0.25) is 4.98 Å². The van der Waals surface area contributed by atoms with Crippen molar-refractivity contribution in [1.29, 1.82) is 0 Å². The highest BCUT2D eigenvalue weighted by atomic mass is 32.2. The molecule has 0 aliphatic rings. The largest absolute Gasteiger partial charge is 0.313 e. The molecule has 5 nitrogen and oxygen atoms in total. The van der Waals surface area contributed by atoms with Gasteiger partial charge < -0.3 is 5.32 Å². The zero-order chi connectivity index (χ0) is 13.3. The van der Waals surface area contributed by atoms with Crippen molar-refractivity contribution in [3.63, 3.8) is 0 Å². The quantitative estimate of drug-likeness (QED) is 0.510. The fourth-order valence-electron chi connectivity index (χ4n) is 1.39. The van der Waals surface area contributed by atoms with Gasteiger partial charge in [0.2, 0.25) is 10.0 Å². The Bertz CT molecular complexity index is 446. The van der Waals surface area contributed by atoms with E-state index in [1.165, 1.54) is 6.08 Å². The minimum absolute atomic E-state index is 0.0316. The average molecular weight is 269 g/mol. The van der Waals surface area contributed by atoms with E-state index < -0.39 is 10.0 Å². The molecule has 0 spiro atoms. The van der Waals surface area contributed by atoms with Crippen molar-refractivity contribution in [3.05, 3.63) is 42.7 Å². The topological polar surface area (TPSA) is 71.1 Å². The molecule has 0 amide bonds. The number of nitrogens with zero attached hydrogens (tertiary/aromatic N) is 1. The Morgan fingerprint density at radius 2 is 2.22 bits per heavy atom. The van der Waals surface area contributed by atoms with Crippen LogP contribution in [0.5, 0.6) is 0 Å². The first-order chi connectivity index (χ1) is 8.64. The van der Waals surface area contributed by atoms with Crippen molar-refractivity contribution >= 4 is 10.0 Å². The molecule has 0 aromatic carbocycles. The number of sulfonamides is 1. The first kappa shape index (κ1) is 14.8. The summed E-state index contributed by atoms with van der Waals surface area (Å²) >= 11 is 0. The lowest BCUT2D eigenvalue weighted by Crippen LogP contribution is -2.28. The summed E-state index contributed by atoms with van der Waals surface area (Å²) < 4.78 is 25.1. The maximum Gasteiger partial charge on any atom is 0.215 e. The lowest BCUT2D eigenvalue weighted by Gasteiger charge is -2.06. The van der Waals surface area contributed by atoms with Crippen LogP contribution >= 0.6 is 0 Å². The molecule has 1 aromatic heterocycles. The highest BCUT2D eigenvalue weighted by Gasteiger charge is 2.05. The molecule has 1 aromatic rings. The average Bonchev–Trinajstić information content (AvgIpc) is 2.35. The summed E-state index contributed by atoms with van der Waals surface area (Å²) in [6, 6.07) is 3.88. The molecule has 2 N–H and O–H groups in total. The van der Waals surface area contributed by atoms with Gasteiger partial charge in [0, 0.05) is 25.5 Å². The van der Waals surface area contributed by atoms with Gasteiger partial charge in [0.1, 0.15) is 0 Å². The SMILES string of the molecule is C=CCS(=O)(=O)NCCCNCc1cccnc1. The van der Waals surface area contributed by atoms with Crippen LogP contribution in [0.1, 0.15) is 12.0 Å². The third-order valence-corrected chi connectivity index (χ3v) is 3.56. The summed E-state index contributed by atoms with van der Waals surface area (Å²) in [4.78, 5) is 4.01. The second-order valence-corrected chi connectivity index (χ2v) is 5.71. The van der Waals surface area contributed by atoms with Crippen molar-refractivity contribution in [1.82, 2.24) is 15.0 Å². The molecule has 0 saturated heterocycles. The number of rotatable bonds is 9. The fraction of sp³-hybridized carbons (Fsp3) is 0.417. The van der Waals surface area contributed by atoms with Crippen LogP contribution in [-0.4, -0.2) is 32.2 Å². The van der Waals surface area contributed by atoms with Gasteiger partial charge in [0.05, 0.1) is 5.75 Å². The maximum absolute atomic E-state index is 11.3. The Morgan fingerprint density at radius 3 is 2.89 bits per heavy atom. The Kier molecular flexibility index (Phi) is 6.56. The first-order valence-electron chi connectivity index (χ1n) is 5.82. The molecule has 0 aliphatic carbocycles. The Balaban J connectivity index is 2.08. The summed E-state index contributed by atoms with van der Waals surface area (Å²) in [7, 11) is -3.18. The van der Waals surface area contributed by atoms with Gasteiger partial charge in [-0.25, -0.2) is 13.1 Å². The molecule has 0 saturated carbocycles. The monoisotopic (exact) mass is 269 g/mol. The van der Waals surface area contributed by atoms with Crippen LogP contribution < -0.4 is 10.0 Å². The van der Waals surface area contributed by atoms with Crippen molar-refractivity contribution in [3.8, 4) is 0 Å². The predicted octanol–water partition coefficient (Wildman–Crippen LogP) is 0.667. The van der Waals surface area contributed by atoms with Crippen molar-refractivity contribution in [2.24, 2.45) is 0 Å². The van der Waals surface area contributed by atoms with Crippen molar-refractivity contribution < 1.29 is 8.42 Å². The molecule has 0 aliphatic heterocycles. The van der Waals surface area contributed by atoms with Crippen LogP contribution in [0.3, 0.4) is 0 Å². The van der Waals surface area contributed by atoms with E-state index in [-0.39, 0.29) is 5.75 Å². The molecule has 0 fully saturated rings. The smallest absolute Gasteiger partial charge is 0.215 e. The molecular weight excluding hydrogens is 250 g/mol. The molecular formula is C12H19N3O2S. The van der Waals surface area contributed by atoms with E-state index >= 15 is 0 Å². The number of hydrogen-bond acceptors (Lipinski definition) is 4. The molecule has 1 rings (SSSR count). The number of hydrogen-bond donors (Lipinski definition) is 2. The number of nitrogens with one attached hydrogen (secondary N) is 2. The minimum Gasteiger partial charge on any atom is -0.313 e.